The second-order valence-corrected chi connectivity index (χ2v) is 7.33. The van der Waals surface area contributed by atoms with Gasteiger partial charge in [-0.1, -0.05) is 24.4 Å². The largest absolute Gasteiger partial charge is 0.497 e. The minimum absolute atomic E-state index is 0.225. The van der Waals surface area contributed by atoms with Gasteiger partial charge in [-0.2, -0.15) is 4.98 Å². The zero-order valence-electron chi connectivity index (χ0n) is 15.8. The highest BCUT2D eigenvalue weighted by atomic mass is 16.5. The molecule has 0 N–H and O–H groups in total. The molecule has 1 aliphatic carbocycles. The average Bonchev–Trinajstić information content (AvgIpc) is 3.17. The van der Waals surface area contributed by atoms with Crippen molar-refractivity contribution in [2.45, 2.75) is 44.7 Å². The second-order valence-electron chi connectivity index (χ2n) is 7.33. The SMILES string of the molecule is COc1ccc(-c2noc(CN3CCN(C4CCCCC4)C(=O)C3)n2)cc1. The smallest absolute Gasteiger partial charge is 0.241 e. The maximum Gasteiger partial charge on any atom is 0.241 e. The first-order valence-corrected chi connectivity index (χ1v) is 9.72. The molecule has 1 aliphatic heterocycles. The monoisotopic (exact) mass is 370 g/mol. The van der Waals surface area contributed by atoms with Crippen LogP contribution in [0.3, 0.4) is 0 Å². The third-order valence-electron chi connectivity index (χ3n) is 5.53. The molecule has 1 saturated heterocycles. The maximum absolute atomic E-state index is 12.6. The second kappa shape index (κ2) is 8.08. The molecule has 0 bridgehead atoms. The van der Waals surface area contributed by atoms with E-state index >= 15 is 0 Å². The molecule has 1 aromatic heterocycles. The van der Waals surface area contributed by atoms with Crippen LogP contribution in [0.5, 0.6) is 5.75 Å². The molecule has 4 rings (SSSR count). The maximum atomic E-state index is 12.6. The summed E-state index contributed by atoms with van der Waals surface area (Å²) in [5, 5.41) is 4.07. The summed E-state index contributed by atoms with van der Waals surface area (Å²) in [5.74, 6) is 2.11. The van der Waals surface area contributed by atoms with Gasteiger partial charge in [0.25, 0.3) is 0 Å². The van der Waals surface area contributed by atoms with Gasteiger partial charge in [-0.3, -0.25) is 9.69 Å². The van der Waals surface area contributed by atoms with Crippen molar-refractivity contribution in [2.24, 2.45) is 0 Å². The number of carbonyl (C=O) groups excluding carboxylic acids is 1. The van der Waals surface area contributed by atoms with E-state index in [1.165, 1.54) is 19.3 Å². The van der Waals surface area contributed by atoms with Crippen molar-refractivity contribution in [3.63, 3.8) is 0 Å². The van der Waals surface area contributed by atoms with Crippen molar-refractivity contribution < 1.29 is 14.1 Å². The number of hydrogen-bond donors (Lipinski definition) is 0. The van der Waals surface area contributed by atoms with E-state index in [2.05, 4.69) is 19.9 Å². The van der Waals surface area contributed by atoms with Crippen LogP contribution in [-0.2, 0) is 11.3 Å². The molecule has 1 amide bonds. The Balaban J connectivity index is 1.35. The molecule has 2 aliphatic rings. The molecule has 2 aromatic rings. The first-order valence-electron chi connectivity index (χ1n) is 9.72. The third-order valence-corrected chi connectivity index (χ3v) is 5.53. The average molecular weight is 370 g/mol. The topological polar surface area (TPSA) is 71.7 Å². The Kier molecular flexibility index (Phi) is 5.38. The molecule has 144 valence electrons. The first kappa shape index (κ1) is 18.0. The van der Waals surface area contributed by atoms with Crippen LogP contribution in [0.25, 0.3) is 11.4 Å². The molecular weight excluding hydrogens is 344 g/mol. The molecule has 1 aromatic carbocycles. The summed E-state index contributed by atoms with van der Waals surface area (Å²) >= 11 is 0. The van der Waals surface area contributed by atoms with E-state index < -0.39 is 0 Å². The molecule has 2 fully saturated rings. The number of aromatic nitrogens is 2. The Morgan fingerprint density at radius 3 is 2.63 bits per heavy atom. The zero-order valence-corrected chi connectivity index (χ0v) is 15.8. The van der Waals surface area contributed by atoms with Gasteiger partial charge in [-0.25, -0.2) is 0 Å². The predicted octanol–water partition coefficient (Wildman–Crippen LogP) is 2.72. The van der Waals surface area contributed by atoms with Gasteiger partial charge in [0.15, 0.2) is 0 Å². The van der Waals surface area contributed by atoms with E-state index in [0.29, 0.717) is 30.8 Å². The van der Waals surface area contributed by atoms with Gasteiger partial charge in [0.1, 0.15) is 5.75 Å². The summed E-state index contributed by atoms with van der Waals surface area (Å²) in [4.78, 5) is 21.2. The Bertz CT molecular complexity index is 768. The Morgan fingerprint density at radius 1 is 1.15 bits per heavy atom. The molecule has 1 saturated carbocycles. The fourth-order valence-electron chi connectivity index (χ4n) is 4.02. The van der Waals surface area contributed by atoms with Crippen molar-refractivity contribution in [2.75, 3.05) is 26.7 Å². The lowest BCUT2D eigenvalue weighted by molar-refractivity contribution is -0.139. The number of benzene rings is 1. The van der Waals surface area contributed by atoms with E-state index in [1.54, 1.807) is 7.11 Å². The van der Waals surface area contributed by atoms with Crippen LogP contribution >= 0.6 is 0 Å². The number of nitrogens with zero attached hydrogens (tertiary/aromatic N) is 4. The molecule has 7 heteroatoms. The lowest BCUT2D eigenvalue weighted by Crippen LogP contribution is -2.54. The van der Waals surface area contributed by atoms with Gasteiger partial charge >= 0.3 is 0 Å². The minimum atomic E-state index is 0.225. The number of carbonyl (C=O) groups is 1. The van der Waals surface area contributed by atoms with E-state index in [1.807, 2.05) is 24.3 Å². The van der Waals surface area contributed by atoms with Crippen LogP contribution in [-0.4, -0.2) is 58.6 Å². The Morgan fingerprint density at radius 2 is 1.93 bits per heavy atom. The van der Waals surface area contributed by atoms with Crippen molar-refractivity contribution in [3.8, 4) is 17.1 Å². The van der Waals surface area contributed by atoms with Gasteiger partial charge in [0.2, 0.25) is 17.6 Å². The molecule has 0 atom stereocenters. The molecule has 2 heterocycles. The summed E-state index contributed by atoms with van der Waals surface area (Å²) < 4.78 is 10.6. The molecule has 7 nitrogen and oxygen atoms in total. The fourth-order valence-corrected chi connectivity index (χ4v) is 4.02. The van der Waals surface area contributed by atoms with E-state index in [9.17, 15) is 4.79 Å². The number of ether oxygens (including phenoxy) is 1. The van der Waals surface area contributed by atoms with Crippen LogP contribution in [0.2, 0.25) is 0 Å². The standard InChI is InChI=1S/C20H26N4O3/c1-26-17-9-7-15(8-10-17)20-21-18(27-22-20)13-23-11-12-24(19(25)14-23)16-5-3-2-4-6-16/h7-10,16H,2-6,11-14H2,1H3. The van der Waals surface area contributed by atoms with Gasteiger partial charge in [-0.15, -0.1) is 0 Å². The van der Waals surface area contributed by atoms with Gasteiger partial charge in [0, 0.05) is 24.7 Å². The molecule has 0 unspecified atom stereocenters. The quantitative estimate of drug-likeness (QED) is 0.806. The fraction of sp³-hybridized carbons (Fsp3) is 0.550. The summed E-state index contributed by atoms with van der Waals surface area (Å²) in [6.45, 7) is 2.58. The molecular formula is C20H26N4O3. The predicted molar refractivity (Wildman–Crippen MR) is 100 cm³/mol. The zero-order chi connectivity index (χ0) is 18.6. The van der Waals surface area contributed by atoms with Crippen molar-refractivity contribution in [1.29, 1.82) is 0 Å². The number of rotatable bonds is 5. The van der Waals surface area contributed by atoms with Crippen LogP contribution < -0.4 is 4.74 Å². The highest BCUT2D eigenvalue weighted by Gasteiger charge is 2.30. The number of methoxy groups -OCH3 is 1. The minimum Gasteiger partial charge on any atom is -0.497 e. The summed E-state index contributed by atoms with van der Waals surface area (Å²) in [6.07, 6.45) is 6.10. The summed E-state index contributed by atoms with van der Waals surface area (Å²) in [7, 11) is 1.64. The Labute approximate surface area is 159 Å². The number of amides is 1. The number of piperazine rings is 1. The normalized spacial score (nSPS) is 19.4. The summed E-state index contributed by atoms with van der Waals surface area (Å²) in [5.41, 5.74) is 0.879. The highest BCUT2D eigenvalue weighted by molar-refractivity contribution is 5.79. The third kappa shape index (κ3) is 4.13. The van der Waals surface area contributed by atoms with E-state index in [4.69, 9.17) is 9.26 Å². The first-order chi connectivity index (χ1) is 13.2. The Hall–Kier alpha value is -2.41. The van der Waals surface area contributed by atoms with Crippen LogP contribution in [0, 0.1) is 0 Å². The van der Waals surface area contributed by atoms with E-state index in [-0.39, 0.29) is 5.91 Å². The molecule has 0 radical (unpaired) electrons. The lowest BCUT2D eigenvalue weighted by atomic mass is 9.93. The van der Waals surface area contributed by atoms with Crippen molar-refractivity contribution in [1.82, 2.24) is 19.9 Å². The van der Waals surface area contributed by atoms with Crippen molar-refractivity contribution >= 4 is 5.91 Å². The summed E-state index contributed by atoms with van der Waals surface area (Å²) in [6, 6.07) is 7.99. The van der Waals surface area contributed by atoms with Crippen LogP contribution in [0.4, 0.5) is 0 Å². The van der Waals surface area contributed by atoms with Gasteiger partial charge in [0.05, 0.1) is 20.2 Å². The van der Waals surface area contributed by atoms with E-state index in [0.717, 1.165) is 37.2 Å². The number of hydrogen-bond acceptors (Lipinski definition) is 6. The van der Waals surface area contributed by atoms with Crippen molar-refractivity contribution in [3.05, 3.63) is 30.2 Å². The molecule has 0 spiro atoms. The lowest BCUT2D eigenvalue weighted by Gasteiger charge is -2.40. The van der Waals surface area contributed by atoms with Gasteiger partial charge < -0.3 is 14.2 Å². The van der Waals surface area contributed by atoms with Crippen LogP contribution in [0.15, 0.2) is 28.8 Å². The molecule has 27 heavy (non-hydrogen) atoms. The van der Waals surface area contributed by atoms with Crippen LogP contribution in [0.1, 0.15) is 38.0 Å². The highest BCUT2D eigenvalue weighted by Crippen LogP contribution is 2.25. The van der Waals surface area contributed by atoms with Gasteiger partial charge in [-0.05, 0) is 37.1 Å².